The molecule has 0 bridgehead atoms. The van der Waals surface area contributed by atoms with Crippen molar-refractivity contribution >= 4 is 17.4 Å². The maximum absolute atomic E-state index is 12.1. The molecule has 0 aliphatic carbocycles. The van der Waals surface area contributed by atoms with Gasteiger partial charge >= 0.3 is 16.9 Å². The number of rotatable bonds is 6. The van der Waals surface area contributed by atoms with Gasteiger partial charge < -0.3 is 4.74 Å². The zero-order valence-electron chi connectivity index (χ0n) is 13.5. The largest absolute Gasteiger partial charge is 0.364 e. The number of aromatic amines is 1. The van der Waals surface area contributed by atoms with E-state index in [1.807, 2.05) is 37.0 Å². The van der Waals surface area contributed by atoms with Crippen LogP contribution in [0.1, 0.15) is 18.1 Å². The number of aromatic nitrogens is 2. The third kappa shape index (κ3) is 3.92. The molecule has 0 fully saturated rings. The van der Waals surface area contributed by atoms with Crippen molar-refractivity contribution in [3.8, 4) is 0 Å². The summed E-state index contributed by atoms with van der Waals surface area (Å²) in [5, 5.41) is 11.3. The average molecular weight is 351 g/mol. The van der Waals surface area contributed by atoms with Crippen molar-refractivity contribution in [3.05, 3.63) is 60.3 Å². The first-order valence-electron chi connectivity index (χ1n) is 7.19. The summed E-state index contributed by atoms with van der Waals surface area (Å²) < 4.78 is 6.27. The molecule has 8 nitrogen and oxygen atoms in total. The lowest BCUT2D eigenvalue weighted by molar-refractivity contribution is -0.390. The molecule has 0 radical (unpaired) electrons. The van der Waals surface area contributed by atoms with E-state index in [-0.39, 0.29) is 11.8 Å². The van der Waals surface area contributed by atoms with Crippen molar-refractivity contribution in [3.63, 3.8) is 0 Å². The Balaban J connectivity index is 2.65. The number of hydrogen-bond acceptors (Lipinski definition) is 6. The molecule has 2 aromatic rings. The Labute approximate surface area is 141 Å². The second-order valence-electron chi connectivity index (χ2n) is 5.15. The van der Waals surface area contributed by atoms with Crippen LogP contribution in [0.5, 0.6) is 0 Å². The minimum Gasteiger partial charge on any atom is -0.361 e. The lowest BCUT2D eigenvalue weighted by atomic mass is 10.2. The Kier molecular flexibility index (Phi) is 5.58. The van der Waals surface area contributed by atoms with Gasteiger partial charge in [0.2, 0.25) is 0 Å². The predicted octanol–water partition coefficient (Wildman–Crippen LogP) is 2.21. The van der Waals surface area contributed by atoms with Gasteiger partial charge in [0.1, 0.15) is 6.73 Å². The number of aryl methyl sites for hydroxylation is 2. The Morgan fingerprint density at radius 3 is 2.42 bits per heavy atom. The third-order valence-corrected chi connectivity index (χ3v) is 4.22. The molecule has 2 rings (SSSR count). The van der Waals surface area contributed by atoms with Crippen LogP contribution in [-0.2, 0) is 11.5 Å². The van der Waals surface area contributed by atoms with Gasteiger partial charge in [-0.1, -0.05) is 17.8 Å². The monoisotopic (exact) mass is 351 g/mol. The molecule has 1 aromatic heterocycles. The van der Waals surface area contributed by atoms with E-state index in [1.165, 1.54) is 0 Å². The first kappa shape index (κ1) is 18.0. The van der Waals surface area contributed by atoms with E-state index >= 15 is 0 Å². The molecule has 9 heteroatoms. The third-order valence-electron chi connectivity index (χ3n) is 3.15. The van der Waals surface area contributed by atoms with E-state index in [9.17, 15) is 19.7 Å². The van der Waals surface area contributed by atoms with Crippen LogP contribution in [0.2, 0.25) is 0 Å². The summed E-state index contributed by atoms with van der Waals surface area (Å²) in [6, 6.07) is 5.62. The molecule has 0 aliphatic rings. The minimum absolute atomic E-state index is 0.0489. The average Bonchev–Trinajstić information content (AvgIpc) is 2.45. The second kappa shape index (κ2) is 7.45. The van der Waals surface area contributed by atoms with Crippen LogP contribution in [0.4, 0.5) is 5.69 Å². The highest BCUT2D eigenvalue weighted by molar-refractivity contribution is 7.99. The standard InChI is InChI=1S/C15H17N3O5S/c1-4-23-8-17-14(12(18(21)22)13(19)16-15(17)20)24-11-6-9(2)5-10(3)7-11/h5-7H,4,8H2,1-3H3,(H,16,19,20). The quantitative estimate of drug-likeness (QED) is 0.486. The molecule has 0 spiro atoms. The van der Waals surface area contributed by atoms with Crippen molar-refractivity contribution in [2.75, 3.05) is 6.61 Å². The fraction of sp³-hybridized carbons (Fsp3) is 0.333. The number of nitrogens with one attached hydrogen (secondary N) is 1. The summed E-state index contributed by atoms with van der Waals surface area (Å²) in [4.78, 5) is 37.1. The Hall–Kier alpha value is -2.39. The van der Waals surface area contributed by atoms with E-state index in [0.29, 0.717) is 11.5 Å². The molecule has 0 amide bonds. The predicted molar refractivity (Wildman–Crippen MR) is 89.6 cm³/mol. The summed E-state index contributed by atoms with van der Waals surface area (Å²) in [5.41, 5.74) is -0.485. The summed E-state index contributed by atoms with van der Waals surface area (Å²) >= 11 is 0.998. The van der Waals surface area contributed by atoms with Crippen LogP contribution in [0.3, 0.4) is 0 Å². The molecule has 128 valence electrons. The van der Waals surface area contributed by atoms with Gasteiger partial charge in [0, 0.05) is 11.5 Å². The lowest BCUT2D eigenvalue weighted by Crippen LogP contribution is -2.33. The molecule has 0 atom stereocenters. The van der Waals surface area contributed by atoms with E-state index < -0.39 is 21.9 Å². The summed E-state index contributed by atoms with van der Waals surface area (Å²) in [7, 11) is 0. The highest BCUT2D eigenvalue weighted by atomic mass is 32.2. The van der Waals surface area contributed by atoms with E-state index in [1.54, 1.807) is 6.92 Å². The topological polar surface area (TPSA) is 107 Å². The number of ether oxygens (including phenoxy) is 1. The van der Waals surface area contributed by atoms with Crippen molar-refractivity contribution in [2.45, 2.75) is 37.4 Å². The number of nitro groups is 1. The van der Waals surface area contributed by atoms with Gasteiger partial charge in [-0.3, -0.25) is 24.5 Å². The summed E-state index contributed by atoms with van der Waals surface area (Å²) in [5.74, 6) is 0. The maximum atomic E-state index is 12.1. The fourth-order valence-electron chi connectivity index (χ4n) is 2.21. The molecular weight excluding hydrogens is 334 g/mol. The van der Waals surface area contributed by atoms with Crippen molar-refractivity contribution in [2.24, 2.45) is 0 Å². The molecule has 1 aromatic carbocycles. The highest BCUT2D eigenvalue weighted by Gasteiger charge is 2.25. The number of nitrogens with zero attached hydrogens (tertiary/aromatic N) is 2. The van der Waals surface area contributed by atoms with E-state index in [0.717, 1.165) is 27.5 Å². The highest BCUT2D eigenvalue weighted by Crippen LogP contribution is 2.32. The van der Waals surface area contributed by atoms with Gasteiger partial charge in [0.25, 0.3) is 0 Å². The smallest absolute Gasteiger partial charge is 0.361 e. The molecule has 1 N–H and O–H groups in total. The van der Waals surface area contributed by atoms with Crippen LogP contribution < -0.4 is 11.2 Å². The zero-order chi connectivity index (χ0) is 17.9. The van der Waals surface area contributed by atoms with Crippen LogP contribution >= 0.6 is 11.8 Å². The van der Waals surface area contributed by atoms with E-state index in [2.05, 4.69) is 0 Å². The van der Waals surface area contributed by atoms with Gasteiger partial charge in [-0.2, -0.15) is 0 Å². The van der Waals surface area contributed by atoms with Crippen molar-refractivity contribution in [1.82, 2.24) is 9.55 Å². The minimum atomic E-state index is -1.02. The summed E-state index contributed by atoms with van der Waals surface area (Å²) in [6.45, 7) is 5.68. The number of benzene rings is 1. The second-order valence-corrected chi connectivity index (χ2v) is 6.21. The van der Waals surface area contributed by atoms with Gasteiger partial charge in [0.15, 0.2) is 5.03 Å². The first-order valence-corrected chi connectivity index (χ1v) is 8.00. The molecule has 0 aliphatic heterocycles. The normalized spacial score (nSPS) is 10.8. The van der Waals surface area contributed by atoms with Crippen molar-refractivity contribution < 1.29 is 9.66 Å². The van der Waals surface area contributed by atoms with Gasteiger partial charge in [-0.15, -0.1) is 0 Å². The number of H-pyrrole nitrogens is 1. The zero-order valence-corrected chi connectivity index (χ0v) is 14.3. The Morgan fingerprint density at radius 2 is 1.88 bits per heavy atom. The first-order chi connectivity index (χ1) is 11.3. The number of hydrogen-bond donors (Lipinski definition) is 1. The molecule has 0 saturated heterocycles. The van der Waals surface area contributed by atoms with Crippen LogP contribution in [-0.4, -0.2) is 21.1 Å². The van der Waals surface area contributed by atoms with E-state index in [4.69, 9.17) is 4.74 Å². The van der Waals surface area contributed by atoms with Crippen molar-refractivity contribution in [1.29, 1.82) is 0 Å². The molecule has 0 saturated carbocycles. The molecular formula is C15H17N3O5S. The molecule has 0 unspecified atom stereocenters. The Morgan fingerprint density at radius 1 is 1.25 bits per heavy atom. The molecule has 24 heavy (non-hydrogen) atoms. The maximum Gasteiger partial charge on any atom is 0.364 e. The van der Waals surface area contributed by atoms with Gasteiger partial charge in [-0.25, -0.2) is 4.79 Å². The SMILES string of the molecule is CCOCn1c(Sc2cc(C)cc(C)c2)c([N+](=O)[O-])c(=O)[nH]c1=O. The van der Waals surface area contributed by atoms with Crippen LogP contribution in [0.15, 0.2) is 37.7 Å². The van der Waals surface area contributed by atoms with Crippen LogP contribution in [0, 0.1) is 24.0 Å². The van der Waals surface area contributed by atoms with Gasteiger partial charge in [-0.05, 0) is 44.0 Å². The fourth-order valence-corrected chi connectivity index (χ4v) is 3.43. The molecule has 1 heterocycles. The van der Waals surface area contributed by atoms with Crippen LogP contribution in [0.25, 0.3) is 0 Å². The Bertz CT molecular complexity index is 867. The van der Waals surface area contributed by atoms with Gasteiger partial charge in [0.05, 0.1) is 4.92 Å². The lowest BCUT2D eigenvalue weighted by Gasteiger charge is -2.12. The summed E-state index contributed by atoms with van der Waals surface area (Å²) in [6.07, 6.45) is 0.